The minimum absolute atomic E-state index is 0.0442. The van der Waals surface area contributed by atoms with E-state index in [2.05, 4.69) is 17.4 Å². The Morgan fingerprint density at radius 3 is 2.74 bits per heavy atom. The molecule has 8 atom stereocenters. The van der Waals surface area contributed by atoms with Crippen LogP contribution in [0.3, 0.4) is 0 Å². The molecule has 0 radical (unpaired) electrons. The number of fused-ring (bicyclic) bond motifs is 2. The summed E-state index contributed by atoms with van der Waals surface area (Å²) < 4.78 is 12.1. The Labute approximate surface area is 204 Å². The SMILES string of the molecule is CC(CCc1ccccc1)NC(=O)C1C2C(=O)N3C(c4ccco4)CC(=O)C(C)C3[C@]23C=C[C@H]1O3. The molecular weight excluding hydrogens is 444 g/mol. The number of furan rings is 1. The Kier molecular flexibility index (Phi) is 5.22. The zero-order valence-electron chi connectivity index (χ0n) is 19.9. The molecule has 2 aromatic rings. The Morgan fingerprint density at radius 2 is 2.00 bits per heavy atom. The van der Waals surface area contributed by atoms with Crippen LogP contribution in [0.25, 0.3) is 0 Å². The highest BCUT2D eigenvalue weighted by molar-refractivity contribution is 5.96. The highest BCUT2D eigenvalue weighted by atomic mass is 16.5. The molecule has 7 heteroatoms. The van der Waals surface area contributed by atoms with Crippen molar-refractivity contribution in [3.05, 3.63) is 72.2 Å². The number of carbonyl (C=O) groups is 3. The van der Waals surface area contributed by atoms with Gasteiger partial charge in [0.25, 0.3) is 0 Å². The molecule has 0 aliphatic carbocycles. The van der Waals surface area contributed by atoms with Gasteiger partial charge in [-0.1, -0.05) is 49.4 Å². The summed E-state index contributed by atoms with van der Waals surface area (Å²) in [7, 11) is 0. The van der Waals surface area contributed by atoms with E-state index in [1.54, 1.807) is 23.3 Å². The molecule has 2 bridgehead atoms. The smallest absolute Gasteiger partial charge is 0.230 e. The Balaban J connectivity index is 1.25. The third kappa shape index (κ3) is 3.32. The van der Waals surface area contributed by atoms with Gasteiger partial charge >= 0.3 is 0 Å². The summed E-state index contributed by atoms with van der Waals surface area (Å²) in [5.74, 6) is -1.25. The number of ketones is 1. The molecule has 5 heterocycles. The first-order valence-corrected chi connectivity index (χ1v) is 12.5. The molecule has 1 aromatic carbocycles. The largest absolute Gasteiger partial charge is 0.467 e. The lowest BCUT2D eigenvalue weighted by Crippen LogP contribution is -2.55. The van der Waals surface area contributed by atoms with Gasteiger partial charge in [-0.05, 0) is 37.5 Å². The van der Waals surface area contributed by atoms with E-state index < -0.39 is 35.6 Å². The van der Waals surface area contributed by atoms with Crippen LogP contribution in [0.4, 0.5) is 0 Å². The zero-order valence-corrected chi connectivity index (χ0v) is 19.9. The number of Topliss-reactive ketones (excluding diaryl/α,β-unsaturated/α-hetero) is 1. The van der Waals surface area contributed by atoms with Crippen molar-refractivity contribution in [1.82, 2.24) is 10.2 Å². The van der Waals surface area contributed by atoms with Gasteiger partial charge < -0.3 is 19.4 Å². The topological polar surface area (TPSA) is 88.9 Å². The zero-order chi connectivity index (χ0) is 24.3. The first-order chi connectivity index (χ1) is 16.9. The van der Waals surface area contributed by atoms with Crippen LogP contribution < -0.4 is 5.32 Å². The van der Waals surface area contributed by atoms with E-state index >= 15 is 0 Å². The molecule has 4 aliphatic rings. The number of carbonyl (C=O) groups excluding carboxylic acids is 3. The number of amides is 2. The predicted molar refractivity (Wildman–Crippen MR) is 127 cm³/mol. The third-order valence-corrected chi connectivity index (χ3v) is 8.35. The molecule has 1 spiro atoms. The number of hydrogen-bond donors (Lipinski definition) is 1. The monoisotopic (exact) mass is 474 g/mol. The van der Waals surface area contributed by atoms with Crippen molar-refractivity contribution in [2.24, 2.45) is 17.8 Å². The molecule has 182 valence electrons. The number of rotatable bonds is 6. The number of ether oxygens (including phenoxy) is 1. The fourth-order valence-corrected chi connectivity index (χ4v) is 6.70. The van der Waals surface area contributed by atoms with Gasteiger partial charge in [0.1, 0.15) is 17.1 Å². The number of benzene rings is 1. The van der Waals surface area contributed by atoms with Crippen LogP contribution in [0.5, 0.6) is 0 Å². The summed E-state index contributed by atoms with van der Waals surface area (Å²) in [6.07, 6.45) is 6.80. The average molecular weight is 475 g/mol. The Bertz CT molecular complexity index is 1180. The average Bonchev–Trinajstić information content (AvgIpc) is 3.63. The summed E-state index contributed by atoms with van der Waals surface area (Å²) >= 11 is 0. The minimum atomic E-state index is -0.961. The van der Waals surface area contributed by atoms with Gasteiger partial charge in [0, 0.05) is 18.4 Å². The summed E-state index contributed by atoms with van der Waals surface area (Å²) in [5, 5.41) is 3.14. The van der Waals surface area contributed by atoms with E-state index in [1.165, 1.54) is 5.56 Å². The lowest BCUT2D eigenvalue weighted by Gasteiger charge is -2.43. The Morgan fingerprint density at radius 1 is 1.20 bits per heavy atom. The quantitative estimate of drug-likeness (QED) is 0.650. The molecule has 2 amide bonds. The standard InChI is InChI=1S/C28H30N2O5/c1-16(10-11-18-7-4-3-5-8-18)29-26(32)23-22-12-13-28(35-22)24(23)27(33)30-19(21-9-6-14-34-21)15-20(31)17(2)25(28)30/h3-9,12-14,16-17,19,22-25H,10-11,15H2,1-2H3,(H,29,32)/t16?,17?,19?,22-,23?,24?,25?,28+/m1/s1. The van der Waals surface area contributed by atoms with Crippen molar-refractivity contribution in [1.29, 1.82) is 0 Å². The summed E-state index contributed by atoms with van der Waals surface area (Å²) in [6.45, 7) is 3.86. The molecule has 3 fully saturated rings. The van der Waals surface area contributed by atoms with Gasteiger partial charge in [-0.15, -0.1) is 0 Å². The van der Waals surface area contributed by atoms with Crippen LogP contribution in [-0.4, -0.2) is 46.3 Å². The summed E-state index contributed by atoms with van der Waals surface area (Å²) in [4.78, 5) is 42.3. The van der Waals surface area contributed by atoms with Crippen molar-refractivity contribution in [2.45, 2.75) is 62.9 Å². The fraction of sp³-hybridized carbons (Fsp3) is 0.464. The third-order valence-electron chi connectivity index (χ3n) is 8.35. The molecule has 1 N–H and O–H groups in total. The number of piperidine rings is 1. The maximum Gasteiger partial charge on any atom is 0.230 e. The van der Waals surface area contributed by atoms with Gasteiger partial charge in [-0.2, -0.15) is 0 Å². The highest BCUT2D eigenvalue weighted by Gasteiger charge is 2.74. The van der Waals surface area contributed by atoms with E-state index in [9.17, 15) is 14.4 Å². The first kappa shape index (κ1) is 22.3. The Hall–Kier alpha value is -3.19. The highest BCUT2D eigenvalue weighted by Crippen LogP contribution is 2.59. The molecule has 6 unspecified atom stereocenters. The second kappa shape index (κ2) is 8.19. The molecule has 7 nitrogen and oxygen atoms in total. The van der Waals surface area contributed by atoms with Gasteiger partial charge in [0.15, 0.2) is 0 Å². The minimum Gasteiger partial charge on any atom is -0.467 e. The van der Waals surface area contributed by atoms with Crippen molar-refractivity contribution in [3.63, 3.8) is 0 Å². The van der Waals surface area contributed by atoms with Gasteiger partial charge in [0.2, 0.25) is 11.8 Å². The van der Waals surface area contributed by atoms with E-state index in [0.717, 1.165) is 12.8 Å². The van der Waals surface area contributed by atoms with Crippen LogP contribution >= 0.6 is 0 Å². The molecular formula is C28H30N2O5. The van der Waals surface area contributed by atoms with Crippen molar-refractivity contribution < 1.29 is 23.5 Å². The van der Waals surface area contributed by atoms with Crippen LogP contribution in [0.2, 0.25) is 0 Å². The first-order valence-electron chi connectivity index (χ1n) is 12.5. The van der Waals surface area contributed by atoms with Gasteiger partial charge in [-0.3, -0.25) is 14.4 Å². The number of aryl methyl sites for hydroxylation is 1. The fourth-order valence-electron chi connectivity index (χ4n) is 6.70. The molecule has 35 heavy (non-hydrogen) atoms. The normalized spacial score (nSPS) is 35.8. The van der Waals surface area contributed by atoms with E-state index in [-0.39, 0.29) is 36.0 Å². The number of nitrogens with one attached hydrogen (secondary N) is 1. The van der Waals surface area contributed by atoms with Crippen LogP contribution in [0.1, 0.15) is 44.1 Å². The number of nitrogens with zero attached hydrogens (tertiary/aromatic N) is 1. The van der Waals surface area contributed by atoms with E-state index in [0.29, 0.717) is 5.76 Å². The lowest BCUT2D eigenvalue weighted by molar-refractivity contribution is -0.148. The molecule has 4 aliphatic heterocycles. The van der Waals surface area contributed by atoms with Gasteiger partial charge in [-0.25, -0.2) is 0 Å². The van der Waals surface area contributed by atoms with Crippen LogP contribution in [0, 0.1) is 17.8 Å². The molecule has 1 aromatic heterocycles. The molecule has 3 saturated heterocycles. The molecule has 6 rings (SSSR count). The van der Waals surface area contributed by atoms with Crippen molar-refractivity contribution in [3.8, 4) is 0 Å². The van der Waals surface area contributed by atoms with Crippen molar-refractivity contribution in [2.75, 3.05) is 0 Å². The van der Waals surface area contributed by atoms with E-state index in [4.69, 9.17) is 9.15 Å². The number of hydrogen-bond acceptors (Lipinski definition) is 5. The maximum absolute atomic E-state index is 14.0. The maximum atomic E-state index is 14.0. The van der Waals surface area contributed by atoms with Crippen molar-refractivity contribution >= 4 is 17.6 Å². The van der Waals surface area contributed by atoms with Crippen LogP contribution in [0.15, 0.2) is 65.3 Å². The summed E-state index contributed by atoms with van der Waals surface area (Å²) in [6, 6.07) is 12.8. The van der Waals surface area contributed by atoms with Crippen LogP contribution in [-0.2, 0) is 25.5 Å². The predicted octanol–water partition coefficient (Wildman–Crippen LogP) is 3.22. The van der Waals surface area contributed by atoms with Gasteiger partial charge in [0.05, 0.1) is 36.3 Å². The second-order valence-electron chi connectivity index (χ2n) is 10.4. The summed E-state index contributed by atoms with van der Waals surface area (Å²) in [5.41, 5.74) is 0.265. The lowest BCUT2D eigenvalue weighted by atomic mass is 9.70. The van der Waals surface area contributed by atoms with E-state index in [1.807, 2.05) is 44.2 Å². The molecule has 0 saturated carbocycles. The second-order valence-corrected chi connectivity index (χ2v) is 10.4.